The molecule has 4 aromatic carbocycles. The Labute approximate surface area is 202 Å². The Hall–Kier alpha value is -4.09. The molecule has 5 rings (SSSR count). The van der Waals surface area contributed by atoms with Crippen LogP contribution in [0.25, 0.3) is 21.7 Å². The highest BCUT2D eigenvalue weighted by Gasteiger charge is 2.22. The highest BCUT2D eigenvalue weighted by Crippen LogP contribution is 2.31. The molecule has 0 radical (unpaired) electrons. The lowest BCUT2D eigenvalue weighted by atomic mass is 10.0. The summed E-state index contributed by atoms with van der Waals surface area (Å²) in [5.74, 6) is -0.234. The van der Waals surface area contributed by atoms with E-state index in [1.165, 1.54) is 0 Å². The molecule has 0 bridgehead atoms. The summed E-state index contributed by atoms with van der Waals surface area (Å²) in [4.78, 5) is 13.5. The highest BCUT2D eigenvalue weighted by atomic mass is 35.5. The third-order valence-corrected chi connectivity index (χ3v) is 6.40. The van der Waals surface area contributed by atoms with Crippen LogP contribution in [0.3, 0.4) is 0 Å². The number of nitrogens with zero attached hydrogens (tertiary/aromatic N) is 1. The summed E-state index contributed by atoms with van der Waals surface area (Å²) in [5.41, 5.74) is 9.57. The van der Waals surface area contributed by atoms with Crippen LogP contribution < -0.4 is 11.1 Å². The molecule has 0 unspecified atom stereocenters. The zero-order valence-corrected chi connectivity index (χ0v) is 19.1. The Morgan fingerprint density at radius 2 is 1.62 bits per heavy atom. The number of halogens is 1. The van der Waals surface area contributed by atoms with Crippen molar-refractivity contribution in [3.8, 4) is 0 Å². The summed E-state index contributed by atoms with van der Waals surface area (Å²) in [6, 6.07) is 29.4. The zero-order chi connectivity index (χ0) is 23.7. The zero-order valence-electron chi connectivity index (χ0n) is 18.4. The van der Waals surface area contributed by atoms with Gasteiger partial charge in [-0.05, 0) is 34.0 Å². The van der Waals surface area contributed by atoms with Gasteiger partial charge in [-0.1, -0.05) is 90.5 Å². The van der Waals surface area contributed by atoms with E-state index in [0.29, 0.717) is 29.4 Å². The van der Waals surface area contributed by atoms with Gasteiger partial charge in [-0.15, -0.1) is 0 Å². The number of nitrogens with one attached hydrogen (secondary N) is 2. The van der Waals surface area contributed by atoms with Crippen molar-refractivity contribution in [3.63, 3.8) is 0 Å². The molecule has 0 saturated heterocycles. The smallest absolute Gasteiger partial charge is 0.269 e. The maximum atomic E-state index is 13.5. The van der Waals surface area contributed by atoms with Gasteiger partial charge in [-0.2, -0.15) is 0 Å². The minimum atomic E-state index is -0.239. The molecule has 0 aliphatic heterocycles. The largest absolute Gasteiger partial charge is 0.384 e. The number of amidine groups is 1. The Kier molecular flexibility index (Phi) is 5.78. The number of para-hydroxylation sites is 1. The number of rotatable bonds is 6. The molecular weight excluding hydrogens is 444 g/mol. The van der Waals surface area contributed by atoms with E-state index in [2.05, 4.69) is 23.5 Å². The van der Waals surface area contributed by atoms with Crippen molar-refractivity contribution >= 4 is 45.0 Å². The number of nitrogen functional groups attached to an aromatic ring is 1. The predicted octanol–water partition coefficient (Wildman–Crippen LogP) is 5.71. The molecule has 5 aromatic rings. The minimum Gasteiger partial charge on any atom is -0.384 e. The van der Waals surface area contributed by atoms with Crippen LogP contribution in [0, 0.1) is 5.41 Å². The first kappa shape index (κ1) is 21.7. The molecule has 5 nitrogen and oxygen atoms in total. The van der Waals surface area contributed by atoms with Crippen molar-refractivity contribution in [2.75, 3.05) is 0 Å². The quantitative estimate of drug-likeness (QED) is 0.221. The number of hydrogen-bond acceptors (Lipinski definition) is 2. The van der Waals surface area contributed by atoms with Crippen LogP contribution >= 0.6 is 11.6 Å². The topological polar surface area (TPSA) is 83.9 Å². The average Bonchev–Trinajstić information content (AvgIpc) is 3.14. The average molecular weight is 467 g/mol. The Morgan fingerprint density at radius 1 is 0.912 bits per heavy atom. The molecule has 6 heteroatoms. The van der Waals surface area contributed by atoms with Crippen LogP contribution in [0.1, 0.15) is 27.2 Å². The van der Waals surface area contributed by atoms with Crippen molar-refractivity contribution in [1.29, 1.82) is 5.41 Å². The molecule has 0 fully saturated rings. The van der Waals surface area contributed by atoms with Gasteiger partial charge < -0.3 is 15.6 Å². The number of aromatic nitrogens is 1. The number of fused-ring (bicyclic) bond motifs is 2. The fraction of sp³-hybridized carbons (Fsp3) is 0.0714. The van der Waals surface area contributed by atoms with Gasteiger partial charge in [0.25, 0.3) is 5.91 Å². The normalized spacial score (nSPS) is 11.1. The second-order valence-corrected chi connectivity index (χ2v) is 8.58. The van der Waals surface area contributed by atoms with Crippen LogP contribution in [0.15, 0.2) is 91.0 Å². The molecule has 0 aliphatic carbocycles. The van der Waals surface area contributed by atoms with E-state index in [-0.39, 0.29) is 11.7 Å². The first-order chi connectivity index (χ1) is 16.5. The van der Waals surface area contributed by atoms with E-state index in [0.717, 1.165) is 32.8 Å². The summed E-state index contributed by atoms with van der Waals surface area (Å²) >= 11 is 6.75. The maximum Gasteiger partial charge on any atom is 0.269 e. The standard InChI is InChI=1S/C28H23ClN4O/c29-25-23-13-3-4-14-24(23)33(17-18-7-5-10-20(15-18)27(30)31)26(25)28(34)32-16-21-11-6-9-19-8-1-2-12-22(19)21/h1-15H,16-17H2,(H3,30,31)(H,32,34). The van der Waals surface area contributed by atoms with Gasteiger partial charge in [0, 0.05) is 24.0 Å². The number of carbonyl (C=O) groups excluding carboxylic acids is 1. The molecule has 34 heavy (non-hydrogen) atoms. The van der Waals surface area contributed by atoms with Gasteiger partial charge >= 0.3 is 0 Å². The summed E-state index contributed by atoms with van der Waals surface area (Å²) in [6.07, 6.45) is 0. The minimum absolute atomic E-state index is 0.00491. The van der Waals surface area contributed by atoms with E-state index < -0.39 is 0 Å². The number of hydrogen-bond donors (Lipinski definition) is 3. The van der Waals surface area contributed by atoms with Crippen LogP contribution in [-0.2, 0) is 13.1 Å². The monoisotopic (exact) mass is 466 g/mol. The molecule has 0 aliphatic rings. The SMILES string of the molecule is N=C(N)c1cccc(Cn2c(C(=O)NCc3cccc4ccccc34)c(Cl)c3ccccc32)c1. The summed E-state index contributed by atoms with van der Waals surface area (Å²) < 4.78 is 1.93. The third-order valence-electron chi connectivity index (χ3n) is 6.02. The van der Waals surface area contributed by atoms with Crippen molar-refractivity contribution in [1.82, 2.24) is 9.88 Å². The maximum absolute atomic E-state index is 13.5. The third kappa shape index (κ3) is 4.02. The molecule has 1 aromatic heterocycles. The van der Waals surface area contributed by atoms with E-state index in [1.807, 2.05) is 71.3 Å². The Balaban J connectivity index is 1.51. The van der Waals surface area contributed by atoms with E-state index in [1.54, 1.807) is 6.07 Å². The van der Waals surface area contributed by atoms with Crippen molar-refractivity contribution in [3.05, 3.63) is 118 Å². The number of benzene rings is 4. The first-order valence-electron chi connectivity index (χ1n) is 11.0. The van der Waals surface area contributed by atoms with Gasteiger partial charge in [0.15, 0.2) is 0 Å². The first-order valence-corrected chi connectivity index (χ1v) is 11.4. The van der Waals surface area contributed by atoms with Gasteiger partial charge in [0.2, 0.25) is 0 Å². The summed E-state index contributed by atoms with van der Waals surface area (Å²) in [6.45, 7) is 0.809. The Bertz CT molecular complexity index is 1550. The summed E-state index contributed by atoms with van der Waals surface area (Å²) in [7, 11) is 0. The van der Waals surface area contributed by atoms with Crippen LogP contribution in [-0.4, -0.2) is 16.3 Å². The van der Waals surface area contributed by atoms with E-state index >= 15 is 0 Å². The molecule has 168 valence electrons. The van der Waals surface area contributed by atoms with Gasteiger partial charge in [-0.25, -0.2) is 0 Å². The summed E-state index contributed by atoms with van der Waals surface area (Å²) in [5, 5.41) is 14.3. The number of nitrogens with two attached hydrogens (primary N) is 1. The molecule has 4 N–H and O–H groups in total. The van der Waals surface area contributed by atoms with Crippen LogP contribution in [0.5, 0.6) is 0 Å². The molecule has 1 heterocycles. The van der Waals surface area contributed by atoms with Gasteiger partial charge in [-0.3, -0.25) is 10.2 Å². The lowest BCUT2D eigenvalue weighted by molar-refractivity contribution is 0.0943. The highest BCUT2D eigenvalue weighted by molar-refractivity contribution is 6.38. The second kappa shape index (κ2) is 9.04. The van der Waals surface area contributed by atoms with E-state index in [4.69, 9.17) is 22.7 Å². The molecular formula is C28H23ClN4O. The lowest BCUT2D eigenvalue weighted by Gasteiger charge is -2.13. The van der Waals surface area contributed by atoms with Gasteiger partial charge in [0.1, 0.15) is 11.5 Å². The fourth-order valence-corrected chi connectivity index (χ4v) is 4.72. The molecule has 0 saturated carbocycles. The fourth-order valence-electron chi connectivity index (χ4n) is 4.37. The number of amides is 1. The molecule has 0 atom stereocenters. The van der Waals surface area contributed by atoms with Crippen LogP contribution in [0.4, 0.5) is 0 Å². The molecule has 1 amide bonds. The van der Waals surface area contributed by atoms with Crippen LogP contribution in [0.2, 0.25) is 5.02 Å². The lowest BCUT2D eigenvalue weighted by Crippen LogP contribution is -2.26. The van der Waals surface area contributed by atoms with Gasteiger partial charge in [0.05, 0.1) is 10.5 Å². The van der Waals surface area contributed by atoms with Crippen molar-refractivity contribution in [2.45, 2.75) is 13.1 Å². The predicted molar refractivity (Wildman–Crippen MR) is 139 cm³/mol. The number of carbonyl (C=O) groups is 1. The van der Waals surface area contributed by atoms with Crippen molar-refractivity contribution in [2.24, 2.45) is 5.73 Å². The molecule has 0 spiro atoms. The van der Waals surface area contributed by atoms with Crippen molar-refractivity contribution < 1.29 is 4.79 Å². The Morgan fingerprint density at radius 3 is 2.44 bits per heavy atom. The van der Waals surface area contributed by atoms with E-state index in [9.17, 15) is 4.79 Å². The second-order valence-electron chi connectivity index (χ2n) is 8.20.